The predicted octanol–water partition coefficient (Wildman–Crippen LogP) is 3.30. The number of unbranched alkanes of at least 4 members (excludes halogenated alkanes) is 1. The lowest BCUT2D eigenvalue weighted by molar-refractivity contribution is -0.136. The number of carboxylic acid groups (broad SMARTS) is 1. The monoisotopic (exact) mass is 413 g/mol. The topological polar surface area (TPSA) is 85.3 Å². The van der Waals surface area contributed by atoms with Gasteiger partial charge in [0.25, 0.3) is 5.91 Å². The molecule has 0 bridgehead atoms. The highest BCUT2D eigenvalue weighted by Gasteiger charge is 2.33. The van der Waals surface area contributed by atoms with Crippen LogP contribution in [0.15, 0.2) is 48.5 Å². The Bertz CT molecular complexity index is 868. The molecule has 1 atom stereocenters. The molecule has 2 aromatic rings. The summed E-state index contributed by atoms with van der Waals surface area (Å²) < 4.78 is 16.8. The fraction of sp³-hybridized carbons (Fsp3) is 0.391. The lowest BCUT2D eigenvalue weighted by Crippen LogP contribution is -2.47. The van der Waals surface area contributed by atoms with Gasteiger partial charge >= 0.3 is 5.97 Å². The first kappa shape index (κ1) is 21.6. The number of carbonyl (C=O) groups is 2. The molecule has 0 saturated carbocycles. The third-order valence-electron chi connectivity index (χ3n) is 4.90. The van der Waals surface area contributed by atoms with E-state index >= 15 is 0 Å². The summed E-state index contributed by atoms with van der Waals surface area (Å²) >= 11 is 0. The fourth-order valence-corrected chi connectivity index (χ4v) is 3.43. The first-order valence-corrected chi connectivity index (χ1v) is 10.1. The van der Waals surface area contributed by atoms with Crippen LogP contribution < -0.4 is 14.4 Å². The van der Waals surface area contributed by atoms with Gasteiger partial charge in [-0.15, -0.1) is 0 Å². The molecule has 1 aliphatic rings. The molecule has 2 aromatic carbocycles. The van der Waals surface area contributed by atoms with E-state index in [1.54, 1.807) is 36.3 Å². The molecule has 1 heterocycles. The second kappa shape index (κ2) is 10.6. The molecule has 3 rings (SSSR count). The Labute approximate surface area is 176 Å². The summed E-state index contributed by atoms with van der Waals surface area (Å²) in [6, 6.07) is 14.5. The van der Waals surface area contributed by atoms with Crippen LogP contribution in [0, 0.1) is 0 Å². The van der Waals surface area contributed by atoms with Gasteiger partial charge in [-0.25, -0.2) is 0 Å². The van der Waals surface area contributed by atoms with E-state index in [9.17, 15) is 9.59 Å². The molecular formula is C23H27NO6. The lowest BCUT2D eigenvalue weighted by Gasteiger charge is -2.34. The van der Waals surface area contributed by atoms with Crippen molar-refractivity contribution in [2.24, 2.45) is 0 Å². The molecule has 7 heteroatoms. The molecule has 0 unspecified atom stereocenters. The zero-order chi connectivity index (χ0) is 21.3. The minimum Gasteiger partial charge on any atom is -0.493 e. The number of methoxy groups -OCH3 is 1. The highest BCUT2D eigenvalue weighted by atomic mass is 16.5. The quantitative estimate of drug-likeness (QED) is 0.569. The molecule has 0 radical (unpaired) electrons. The second-order valence-electron chi connectivity index (χ2n) is 7.08. The summed E-state index contributed by atoms with van der Waals surface area (Å²) in [7, 11) is 1.67. The number of anilines is 1. The van der Waals surface area contributed by atoms with E-state index in [-0.39, 0.29) is 18.9 Å². The maximum atomic E-state index is 13.0. The first-order valence-electron chi connectivity index (χ1n) is 10.1. The van der Waals surface area contributed by atoms with Gasteiger partial charge in [0.05, 0.1) is 18.7 Å². The average molecular weight is 413 g/mol. The van der Waals surface area contributed by atoms with Gasteiger partial charge in [-0.3, -0.25) is 9.59 Å². The Morgan fingerprint density at radius 3 is 2.67 bits per heavy atom. The van der Waals surface area contributed by atoms with Crippen molar-refractivity contribution in [2.45, 2.75) is 31.8 Å². The van der Waals surface area contributed by atoms with Gasteiger partial charge in [-0.1, -0.05) is 30.3 Å². The summed E-state index contributed by atoms with van der Waals surface area (Å²) in [5.41, 5.74) is 1.38. The number of rotatable bonds is 11. The second-order valence-corrected chi connectivity index (χ2v) is 7.08. The van der Waals surface area contributed by atoms with Gasteiger partial charge in [0, 0.05) is 32.2 Å². The van der Waals surface area contributed by atoms with Crippen LogP contribution in [0.2, 0.25) is 0 Å². The molecule has 30 heavy (non-hydrogen) atoms. The number of carboxylic acids is 1. The standard InChI is InChI=1S/C23H27NO6/c1-28-14-7-6-13-24-18-9-3-5-11-20(18)30-21(23(24)27)12-15-29-19-10-4-2-8-17(19)16-22(25)26/h2-5,8-11,21H,6-7,12-16H2,1H3,(H,25,26)/t21-/m1/s1. The minimum atomic E-state index is -0.919. The Hall–Kier alpha value is -3.06. The Morgan fingerprint density at radius 2 is 1.87 bits per heavy atom. The van der Waals surface area contributed by atoms with Gasteiger partial charge < -0.3 is 24.2 Å². The highest BCUT2D eigenvalue weighted by molar-refractivity contribution is 6.00. The maximum absolute atomic E-state index is 13.0. The zero-order valence-corrected chi connectivity index (χ0v) is 17.1. The number of nitrogens with zero attached hydrogens (tertiary/aromatic N) is 1. The molecule has 0 saturated heterocycles. The molecular weight excluding hydrogens is 386 g/mol. The van der Waals surface area contributed by atoms with Crippen molar-refractivity contribution in [2.75, 3.05) is 31.8 Å². The molecule has 0 aromatic heterocycles. The average Bonchev–Trinajstić information content (AvgIpc) is 2.74. The Kier molecular flexibility index (Phi) is 7.68. The third kappa shape index (κ3) is 5.51. The van der Waals surface area contributed by atoms with E-state index in [2.05, 4.69) is 0 Å². The van der Waals surface area contributed by atoms with Gasteiger partial charge in [0.2, 0.25) is 0 Å². The van der Waals surface area contributed by atoms with E-state index < -0.39 is 12.1 Å². The van der Waals surface area contributed by atoms with Crippen LogP contribution in [-0.2, 0) is 20.7 Å². The van der Waals surface area contributed by atoms with Crippen LogP contribution in [0.3, 0.4) is 0 Å². The lowest BCUT2D eigenvalue weighted by atomic mass is 10.1. The number of carbonyl (C=O) groups excluding carboxylic acids is 1. The summed E-state index contributed by atoms with van der Waals surface area (Å²) in [6.45, 7) is 1.50. The van der Waals surface area contributed by atoms with Crippen molar-refractivity contribution in [3.05, 3.63) is 54.1 Å². The van der Waals surface area contributed by atoms with Crippen molar-refractivity contribution < 1.29 is 28.9 Å². The van der Waals surface area contributed by atoms with Crippen molar-refractivity contribution in [3.8, 4) is 11.5 Å². The van der Waals surface area contributed by atoms with Gasteiger partial charge in [-0.2, -0.15) is 0 Å². The molecule has 0 aliphatic carbocycles. The largest absolute Gasteiger partial charge is 0.493 e. The molecule has 0 spiro atoms. The van der Waals surface area contributed by atoms with Crippen molar-refractivity contribution in [1.29, 1.82) is 0 Å². The predicted molar refractivity (Wildman–Crippen MR) is 112 cm³/mol. The van der Waals surface area contributed by atoms with Crippen LogP contribution >= 0.6 is 0 Å². The summed E-state index contributed by atoms with van der Waals surface area (Å²) in [6.07, 6.45) is 1.31. The molecule has 0 fully saturated rings. The first-order chi connectivity index (χ1) is 14.6. The van der Waals surface area contributed by atoms with Gasteiger partial charge in [-0.05, 0) is 31.0 Å². The van der Waals surface area contributed by atoms with Crippen LogP contribution in [0.5, 0.6) is 11.5 Å². The number of hydrogen-bond acceptors (Lipinski definition) is 5. The molecule has 1 N–H and O–H groups in total. The van der Waals surface area contributed by atoms with Crippen molar-refractivity contribution in [1.82, 2.24) is 0 Å². The molecule has 7 nitrogen and oxygen atoms in total. The zero-order valence-electron chi connectivity index (χ0n) is 17.1. The summed E-state index contributed by atoms with van der Waals surface area (Å²) in [5, 5.41) is 9.05. The van der Waals surface area contributed by atoms with Crippen LogP contribution in [0.1, 0.15) is 24.8 Å². The van der Waals surface area contributed by atoms with Crippen LogP contribution in [0.4, 0.5) is 5.69 Å². The number of ether oxygens (including phenoxy) is 3. The number of hydrogen-bond donors (Lipinski definition) is 1. The van der Waals surface area contributed by atoms with E-state index in [1.807, 2.05) is 24.3 Å². The highest BCUT2D eigenvalue weighted by Crippen LogP contribution is 2.34. The summed E-state index contributed by atoms with van der Waals surface area (Å²) in [4.78, 5) is 25.9. The van der Waals surface area contributed by atoms with E-state index in [4.69, 9.17) is 19.3 Å². The van der Waals surface area contributed by atoms with Crippen molar-refractivity contribution >= 4 is 17.6 Å². The maximum Gasteiger partial charge on any atom is 0.307 e. The molecule has 160 valence electrons. The fourth-order valence-electron chi connectivity index (χ4n) is 3.43. The Balaban J connectivity index is 1.64. The van der Waals surface area contributed by atoms with Crippen molar-refractivity contribution in [3.63, 3.8) is 0 Å². The Morgan fingerprint density at radius 1 is 1.10 bits per heavy atom. The van der Waals surface area contributed by atoms with Gasteiger partial charge in [0.1, 0.15) is 11.5 Å². The number of fused-ring (bicyclic) bond motifs is 1. The molecule has 1 aliphatic heterocycles. The van der Waals surface area contributed by atoms with E-state index in [1.165, 1.54) is 0 Å². The molecule has 1 amide bonds. The van der Waals surface area contributed by atoms with Crippen LogP contribution in [0.25, 0.3) is 0 Å². The number of aliphatic carboxylic acids is 1. The third-order valence-corrected chi connectivity index (χ3v) is 4.90. The normalized spacial score (nSPS) is 15.4. The van der Waals surface area contributed by atoms with E-state index in [0.717, 1.165) is 18.5 Å². The van der Waals surface area contributed by atoms with Gasteiger partial charge in [0.15, 0.2) is 6.10 Å². The minimum absolute atomic E-state index is 0.0893. The summed E-state index contributed by atoms with van der Waals surface area (Å²) in [5.74, 6) is 0.186. The SMILES string of the molecule is COCCCCN1C(=O)[C@@H](CCOc2ccccc2CC(=O)O)Oc2ccccc21. The number of amides is 1. The van der Waals surface area contributed by atoms with Crippen LogP contribution in [-0.4, -0.2) is 50.0 Å². The van der Waals surface area contributed by atoms with E-state index in [0.29, 0.717) is 36.6 Å². The number of benzene rings is 2. The smallest absolute Gasteiger partial charge is 0.307 e. The number of para-hydroxylation sites is 3.